The number of nitroso groups, excluding NO2 is 1. The Balaban J connectivity index is 2.11. The largest absolute Gasteiger partial charge is 0.464 e. The van der Waals surface area contributed by atoms with Gasteiger partial charge in [0.05, 0.1) is 37.2 Å². The van der Waals surface area contributed by atoms with Crippen LogP contribution in [0.15, 0.2) is 35.5 Å². The molecule has 8 atom stereocenters. The molecule has 258 valence electrons. The standard InChI is InChI=1S/C33H53N5O8/c1-7-21(2)29(37-43)27(44-5)20-28(39)38-17-11-15-26(38)30(45-6)22(3)31(40)36-25(19-24-13-9-8-10-14-24)32(41)35-16-12-18-46-33(42)23(4)34/h8-10,13-14,21-23,25-27,29-30H,7,11-12,15-20,34H2,1-6H3,(H,35,41)(H,36,40). The first-order valence-corrected chi connectivity index (χ1v) is 16.2. The van der Waals surface area contributed by atoms with Gasteiger partial charge in [0.25, 0.3) is 0 Å². The van der Waals surface area contributed by atoms with E-state index in [9.17, 15) is 24.1 Å². The van der Waals surface area contributed by atoms with Crippen LogP contribution in [0.2, 0.25) is 0 Å². The van der Waals surface area contributed by atoms with E-state index in [0.29, 0.717) is 19.4 Å². The second-order valence-corrected chi connectivity index (χ2v) is 12.1. The van der Waals surface area contributed by atoms with Crippen molar-refractivity contribution in [3.05, 3.63) is 40.8 Å². The predicted molar refractivity (Wildman–Crippen MR) is 173 cm³/mol. The summed E-state index contributed by atoms with van der Waals surface area (Å²) in [6.07, 6.45) is 1.45. The smallest absolute Gasteiger partial charge is 0.322 e. The van der Waals surface area contributed by atoms with Gasteiger partial charge in [0.2, 0.25) is 17.7 Å². The normalized spacial score (nSPS) is 19.2. The second kappa shape index (κ2) is 20.0. The van der Waals surface area contributed by atoms with Crippen molar-refractivity contribution in [1.82, 2.24) is 15.5 Å². The van der Waals surface area contributed by atoms with Crippen molar-refractivity contribution in [3.8, 4) is 0 Å². The van der Waals surface area contributed by atoms with Crippen LogP contribution in [0.1, 0.15) is 65.4 Å². The third kappa shape index (κ3) is 11.4. The minimum atomic E-state index is -0.876. The Morgan fingerprint density at radius 3 is 2.35 bits per heavy atom. The summed E-state index contributed by atoms with van der Waals surface area (Å²) in [6, 6.07) is 6.72. The summed E-state index contributed by atoms with van der Waals surface area (Å²) < 4.78 is 16.4. The molecule has 1 fully saturated rings. The van der Waals surface area contributed by atoms with Crippen LogP contribution in [0.4, 0.5) is 0 Å². The average molecular weight is 648 g/mol. The number of rotatable bonds is 20. The number of nitrogens with one attached hydrogen (secondary N) is 2. The van der Waals surface area contributed by atoms with Crippen molar-refractivity contribution in [3.63, 3.8) is 0 Å². The zero-order valence-electron chi connectivity index (χ0n) is 28.1. The lowest BCUT2D eigenvalue weighted by Gasteiger charge is -2.35. The van der Waals surface area contributed by atoms with Crippen molar-refractivity contribution in [2.45, 2.75) is 103 Å². The van der Waals surface area contributed by atoms with Crippen LogP contribution in [0.3, 0.4) is 0 Å². The van der Waals surface area contributed by atoms with Gasteiger partial charge in [-0.3, -0.25) is 19.2 Å². The van der Waals surface area contributed by atoms with Gasteiger partial charge in [-0.15, -0.1) is 0 Å². The third-order valence-electron chi connectivity index (χ3n) is 8.74. The molecule has 0 aliphatic carbocycles. The van der Waals surface area contributed by atoms with E-state index >= 15 is 0 Å². The number of ether oxygens (including phenoxy) is 3. The van der Waals surface area contributed by atoms with Crippen LogP contribution in [-0.4, -0.2) is 98.9 Å². The van der Waals surface area contributed by atoms with Crippen LogP contribution < -0.4 is 16.4 Å². The number of esters is 1. The highest BCUT2D eigenvalue weighted by Gasteiger charge is 2.41. The van der Waals surface area contributed by atoms with Crippen LogP contribution in [0.25, 0.3) is 0 Å². The summed E-state index contributed by atoms with van der Waals surface area (Å²) in [7, 11) is 2.98. The summed E-state index contributed by atoms with van der Waals surface area (Å²) in [6.45, 7) is 7.97. The number of carbonyl (C=O) groups excluding carboxylic acids is 4. The molecule has 0 radical (unpaired) electrons. The molecule has 1 aliphatic rings. The van der Waals surface area contributed by atoms with E-state index in [0.717, 1.165) is 18.4 Å². The highest BCUT2D eigenvalue weighted by molar-refractivity contribution is 5.89. The predicted octanol–water partition coefficient (Wildman–Crippen LogP) is 2.34. The van der Waals surface area contributed by atoms with Gasteiger partial charge in [-0.2, -0.15) is 4.91 Å². The number of likely N-dealkylation sites (tertiary alicyclic amines) is 1. The van der Waals surface area contributed by atoms with Crippen molar-refractivity contribution in [2.75, 3.05) is 33.9 Å². The highest BCUT2D eigenvalue weighted by Crippen LogP contribution is 2.29. The third-order valence-corrected chi connectivity index (χ3v) is 8.74. The average Bonchev–Trinajstić information content (AvgIpc) is 3.54. The SMILES string of the molecule is CCC(C)C(N=O)C(CC(=O)N1CCCC1C(OC)C(C)C(=O)NC(Cc1ccccc1)C(=O)NCCCOC(=O)C(C)N)OC. The summed E-state index contributed by atoms with van der Waals surface area (Å²) in [5.41, 5.74) is 6.37. The number of carbonyl (C=O) groups is 4. The number of methoxy groups -OCH3 is 2. The molecule has 1 saturated heterocycles. The molecule has 13 heteroatoms. The number of hydrogen-bond donors (Lipinski definition) is 3. The molecule has 13 nitrogen and oxygen atoms in total. The molecule has 1 aromatic rings. The minimum absolute atomic E-state index is 0.00543. The zero-order chi connectivity index (χ0) is 34.2. The van der Waals surface area contributed by atoms with Crippen LogP contribution in [0, 0.1) is 16.7 Å². The van der Waals surface area contributed by atoms with Crippen LogP contribution in [-0.2, 0) is 39.8 Å². The number of amides is 3. The Morgan fingerprint density at radius 1 is 1.07 bits per heavy atom. The number of hydrogen-bond acceptors (Lipinski definition) is 10. The number of benzene rings is 1. The molecule has 46 heavy (non-hydrogen) atoms. The molecule has 2 rings (SSSR count). The van der Waals surface area contributed by atoms with E-state index in [2.05, 4.69) is 15.8 Å². The summed E-state index contributed by atoms with van der Waals surface area (Å²) in [5, 5.41) is 8.98. The molecule has 1 aliphatic heterocycles. The molecule has 1 heterocycles. The number of nitrogens with zero attached hydrogens (tertiary/aromatic N) is 2. The van der Waals surface area contributed by atoms with Gasteiger partial charge in [0.1, 0.15) is 18.1 Å². The summed E-state index contributed by atoms with van der Waals surface area (Å²) >= 11 is 0. The van der Waals surface area contributed by atoms with Gasteiger partial charge < -0.3 is 35.5 Å². The lowest BCUT2D eigenvalue weighted by Crippen LogP contribution is -2.54. The molecule has 4 N–H and O–H groups in total. The molecular formula is C33H53N5O8. The Bertz CT molecular complexity index is 1120. The fourth-order valence-corrected chi connectivity index (χ4v) is 5.77. The maximum atomic E-state index is 13.6. The topological polar surface area (TPSA) is 179 Å². The van der Waals surface area contributed by atoms with E-state index in [4.69, 9.17) is 19.9 Å². The van der Waals surface area contributed by atoms with Crippen molar-refractivity contribution >= 4 is 23.7 Å². The van der Waals surface area contributed by atoms with Gasteiger partial charge in [0, 0.05) is 33.7 Å². The quantitative estimate of drug-likeness (QED) is 0.109. The Kier molecular flexibility index (Phi) is 16.8. The van der Waals surface area contributed by atoms with E-state index in [-0.39, 0.29) is 55.7 Å². The molecule has 0 aromatic heterocycles. The van der Waals surface area contributed by atoms with Crippen LogP contribution >= 0.6 is 0 Å². The van der Waals surface area contributed by atoms with Crippen molar-refractivity contribution in [1.29, 1.82) is 0 Å². The maximum absolute atomic E-state index is 13.6. The lowest BCUT2D eigenvalue weighted by atomic mass is 9.92. The van der Waals surface area contributed by atoms with Crippen molar-refractivity contribution in [2.24, 2.45) is 22.7 Å². The molecule has 1 aromatic carbocycles. The fraction of sp³-hybridized carbons (Fsp3) is 0.697. The molecule has 3 amide bonds. The summed E-state index contributed by atoms with van der Waals surface area (Å²) in [4.78, 5) is 65.3. The van der Waals surface area contributed by atoms with Crippen molar-refractivity contribution < 1.29 is 33.4 Å². The van der Waals surface area contributed by atoms with Gasteiger partial charge >= 0.3 is 5.97 Å². The van der Waals surface area contributed by atoms with E-state index < -0.39 is 42.2 Å². The fourth-order valence-electron chi connectivity index (χ4n) is 5.77. The van der Waals surface area contributed by atoms with Gasteiger partial charge in [-0.1, -0.05) is 62.7 Å². The molecule has 0 bridgehead atoms. The Hall–Kier alpha value is -3.42. The highest BCUT2D eigenvalue weighted by atomic mass is 16.5. The van der Waals surface area contributed by atoms with E-state index in [1.165, 1.54) is 21.1 Å². The molecule has 0 spiro atoms. The van der Waals surface area contributed by atoms with E-state index in [1.807, 2.05) is 44.2 Å². The second-order valence-electron chi connectivity index (χ2n) is 12.1. The number of nitrogens with two attached hydrogens (primary N) is 1. The first-order chi connectivity index (χ1) is 22.0. The Labute approximate surface area is 272 Å². The van der Waals surface area contributed by atoms with Gasteiger partial charge in [0.15, 0.2) is 0 Å². The zero-order valence-corrected chi connectivity index (χ0v) is 28.1. The summed E-state index contributed by atoms with van der Waals surface area (Å²) in [5.74, 6) is -2.21. The monoisotopic (exact) mass is 647 g/mol. The van der Waals surface area contributed by atoms with Gasteiger partial charge in [-0.05, 0) is 37.7 Å². The van der Waals surface area contributed by atoms with Gasteiger partial charge in [-0.25, -0.2) is 0 Å². The molecule has 0 saturated carbocycles. The first kappa shape index (κ1) is 38.8. The molecule has 8 unspecified atom stereocenters. The lowest BCUT2D eigenvalue weighted by molar-refractivity contribution is -0.144. The first-order valence-electron chi connectivity index (χ1n) is 16.2. The van der Waals surface area contributed by atoms with E-state index in [1.54, 1.807) is 11.8 Å². The minimum Gasteiger partial charge on any atom is -0.464 e. The maximum Gasteiger partial charge on any atom is 0.322 e. The van der Waals surface area contributed by atoms with Crippen LogP contribution in [0.5, 0.6) is 0 Å². The Morgan fingerprint density at radius 2 is 1.76 bits per heavy atom. The molecular weight excluding hydrogens is 594 g/mol.